The lowest BCUT2D eigenvalue weighted by molar-refractivity contribution is -0.202. The van der Waals surface area contributed by atoms with Gasteiger partial charge in [0.1, 0.15) is 23.3 Å². The van der Waals surface area contributed by atoms with Crippen LogP contribution in [0, 0.1) is 22.2 Å². The summed E-state index contributed by atoms with van der Waals surface area (Å²) in [6.45, 7) is 1.96. The van der Waals surface area contributed by atoms with Crippen LogP contribution in [0.4, 0.5) is 11.5 Å². The minimum absolute atomic E-state index is 0.227. The monoisotopic (exact) mass is 406 g/mol. The van der Waals surface area contributed by atoms with Crippen molar-refractivity contribution < 1.29 is 9.47 Å². The molecule has 1 N–H and O–H groups in total. The highest BCUT2D eigenvalue weighted by molar-refractivity contribution is 6.29. The SMILES string of the molecule is N#CC1(COc2ccc3c(Nc4ccc(Cl)nc4)nccc3c2)CC2(COC2)C1. The quantitative estimate of drug-likeness (QED) is 0.617. The molecule has 7 heteroatoms. The van der Waals surface area contributed by atoms with Crippen molar-refractivity contribution in [1.82, 2.24) is 9.97 Å². The van der Waals surface area contributed by atoms with Crippen LogP contribution in [0.25, 0.3) is 10.8 Å². The van der Waals surface area contributed by atoms with E-state index in [1.807, 2.05) is 30.3 Å². The number of hydrogen-bond donors (Lipinski definition) is 1. The highest BCUT2D eigenvalue weighted by atomic mass is 35.5. The number of ether oxygens (including phenoxy) is 2. The van der Waals surface area contributed by atoms with Crippen LogP contribution in [-0.4, -0.2) is 29.8 Å². The molecule has 3 heterocycles. The van der Waals surface area contributed by atoms with Crippen LogP contribution in [-0.2, 0) is 4.74 Å². The largest absolute Gasteiger partial charge is 0.492 e. The Hall–Kier alpha value is -2.88. The van der Waals surface area contributed by atoms with E-state index in [9.17, 15) is 5.26 Å². The number of rotatable bonds is 5. The number of aromatic nitrogens is 2. The third kappa shape index (κ3) is 3.37. The standard InChI is InChI=1S/C22H19ClN4O2/c23-19-4-1-16(8-26-19)27-20-18-3-2-17(7-15(18)5-6-25-20)29-14-21(11-24)9-22(10-21)12-28-13-22/h1-8H,9-10,12-14H2,(H,25,27). The van der Waals surface area contributed by atoms with Crippen LogP contribution in [0.2, 0.25) is 5.15 Å². The third-order valence-electron chi connectivity index (χ3n) is 5.72. The van der Waals surface area contributed by atoms with Crippen molar-refractivity contribution in [2.24, 2.45) is 10.8 Å². The van der Waals surface area contributed by atoms with E-state index in [0.717, 1.165) is 54.1 Å². The molecular weight excluding hydrogens is 388 g/mol. The molecule has 29 heavy (non-hydrogen) atoms. The van der Waals surface area contributed by atoms with Crippen LogP contribution in [0.3, 0.4) is 0 Å². The van der Waals surface area contributed by atoms with Gasteiger partial charge in [0, 0.05) is 17.0 Å². The van der Waals surface area contributed by atoms with E-state index in [1.165, 1.54) is 0 Å². The molecule has 1 aliphatic carbocycles. The normalized spacial score (nSPS) is 18.5. The second kappa shape index (κ2) is 6.87. The van der Waals surface area contributed by atoms with Gasteiger partial charge in [0.2, 0.25) is 0 Å². The molecule has 0 unspecified atom stereocenters. The highest BCUT2D eigenvalue weighted by Crippen LogP contribution is 2.58. The Bertz CT molecular complexity index is 1100. The molecule has 2 aliphatic rings. The van der Waals surface area contributed by atoms with Crippen LogP contribution in [0.5, 0.6) is 5.75 Å². The van der Waals surface area contributed by atoms with Gasteiger partial charge in [-0.05, 0) is 54.6 Å². The van der Waals surface area contributed by atoms with E-state index in [2.05, 4.69) is 21.4 Å². The molecule has 0 radical (unpaired) electrons. The number of anilines is 2. The van der Waals surface area contributed by atoms with Crippen molar-refractivity contribution in [2.45, 2.75) is 12.8 Å². The molecule has 3 aromatic rings. The third-order valence-corrected chi connectivity index (χ3v) is 5.95. The summed E-state index contributed by atoms with van der Waals surface area (Å²) in [5.74, 6) is 1.49. The predicted molar refractivity (Wildman–Crippen MR) is 110 cm³/mol. The fourth-order valence-corrected chi connectivity index (χ4v) is 4.46. The Kier molecular flexibility index (Phi) is 4.30. The Morgan fingerprint density at radius 3 is 2.72 bits per heavy atom. The lowest BCUT2D eigenvalue weighted by Gasteiger charge is -2.56. The summed E-state index contributed by atoms with van der Waals surface area (Å²) in [5.41, 5.74) is 0.640. The topological polar surface area (TPSA) is 80.1 Å². The van der Waals surface area contributed by atoms with Gasteiger partial charge < -0.3 is 14.8 Å². The molecule has 2 aromatic heterocycles. The molecule has 1 spiro atoms. The zero-order valence-electron chi connectivity index (χ0n) is 15.7. The number of nitriles is 1. The molecular formula is C22H19ClN4O2. The maximum absolute atomic E-state index is 9.63. The number of nitrogens with one attached hydrogen (secondary N) is 1. The van der Waals surface area contributed by atoms with E-state index >= 15 is 0 Å². The molecule has 1 saturated carbocycles. The summed E-state index contributed by atoms with van der Waals surface area (Å²) in [4.78, 5) is 8.52. The molecule has 146 valence electrons. The first-order valence-corrected chi connectivity index (χ1v) is 9.86. The number of benzene rings is 1. The fourth-order valence-electron chi connectivity index (χ4n) is 4.35. The summed E-state index contributed by atoms with van der Waals surface area (Å²) in [7, 11) is 0. The van der Waals surface area contributed by atoms with Gasteiger partial charge in [-0.15, -0.1) is 0 Å². The Morgan fingerprint density at radius 2 is 2.03 bits per heavy atom. The van der Waals surface area contributed by atoms with Gasteiger partial charge in [-0.2, -0.15) is 5.26 Å². The van der Waals surface area contributed by atoms with E-state index in [-0.39, 0.29) is 5.41 Å². The number of fused-ring (bicyclic) bond motifs is 1. The fraction of sp³-hybridized carbons (Fsp3) is 0.318. The van der Waals surface area contributed by atoms with Gasteiger partial charge in [-0.3, -0.25) is 0 Å². The zero-order valence-corrected chi connectivity index (χ0v) is 16.4. The van der Waals surface area contributed by atoms with E-state index < -0.39 is 5.41 Å². The first-order chi connectivity index (χ1) is 14.1. The predicted octanol–water partition coefficient (Wildman–Crippen LogP) is 4.73. The van der Waals surface area contributed by atoms with Crippen molar-refractivity contribution in [1.29, 1.82) is 5.26 Å². The average molecular weight is 407 g/mol. The maximum atomic E-state index is 9.63. The van der Waals surface area contributed by atoms with Crippen molar-refractivity contribution in [2.75, 3.05) is 25.1 Å². The molecule has 6 nitrogen and oxygen atoms in total. The van der Waals surface area contributed by atoms with Crippen molar-refractivity contribution in [3.8, 4) is 11.8 Å². The van der Waals surface area contributed by atoms with Crippen LogP contribution in [0.1, 0.15) is 12.8 Å². The van der Waals surface area contributed by atoms with Crippen molar-refractivity contribution >= 4 is 33.9 Å². The van der Waals surface area contributed by atoms with Gasteiger partial charge in [-0.25, -0.2) is 9.97 Å². The minimum atomic E-state index is -0.398. The number of nitrogens with zero attached hydrogens (tertiary/aromatic N) is 3. The first kappa shape index (κ1) is 18.2. The van der Waals surface area contributed by atoms with Gasteiger partial charge >= 0.3 is 0 Å². The molecule has 1 aliphatic heterocycles. The van der Waals surface area contributed by atoms with Crippen LogP contribution in [0.15, 0.2) is 48.8 Å². The number of hydrogen-bond acceptors (Lipinski definition) is 6. The summed E-state index contributed by atoms with van der Waals surface area (Å²) < 4.78 is 11.3. The maximum Gasteiger partial charge on any atom is 0.138 e. The smallest absolute Gasteiger partial charge is 0.138 e. The summed E-state index contributed by atoms with van der Waals surface area (Å²) >= 11 is 5.85. The summed E-state index contributed by atoms with van der Waals surface area (Å²) in [6.07, 6.45) is 5.13. The summed E-state index contributed by atoms with van der Waals surface area (Å²) in [6, 6.07) is 13.9. The Balaban J connectivity index is 1.32. The number of pyridine rings is 2. The first-order valence-electron chi connectivity index (χ1n) is 9.48. The molecule has 0 bridgehead atoms. The lowest BCUT2D eigenvalue weighted by atomic mass is 9.52. The Labute approximate surface area is 173 Å². The molecule has 1 aromatic carbocycles. The molecule has 1 saturated heterocycles. The Morgan fingerprint density at radius 1 is 1.17 bits per heavy atom. The van der Waals surface area contributed by atoms with Gasteiger partial charge in [0.15, 0.2) is 0 Å². The van der Waals surface area contributed by atoms with Crippen LogP contribution >= 0.6 is 11.6 Å². The highest BCUT2D eigenvalue weighted by Gasteiger charge is 2.59. The van der Waals surface area contributed by atoms with Gasteiger partial charge in [0.05, 0.1) is 36.6 Å². The van der Waals surface area contributed by atoms with E-state index in [4.69, 9.17) is 21.1 Å². The average Bonchev–Trinajstić information content (AvgIpc) is 2.68. The van der Waals surface area contributed by atoms with E-state index in [1.54, 1.807) is 18.5 Å². The molecule has 5 rings (SSSR count). The van der Waals surface area contributed by atoms with Crippen LogP contribution < -0.4 is 10.1 Å². The number of halogens is 1. The molecule has 2 fully saturated rings. The van der Waals surface area contributed by atoms with E-state index in [0.29, 0.717) is 11.8 Å². The zero-order chi connectivity index (χ0) is 19.9. The minimum Gasteiger partial charge on any atom is -0.492 e. The van der Waals surface area contributed by atoms with Gasteiger partial charge in [-0.1, -0.05) is 11.6 Å². The molecule has 0 atom stereocenters. The van der Waals surface area contributed by atoms with Gasteiger partial charge in [0.25, 0.3) is 0 Å². The van der Waals surface area contributed by atoms with Crippen molar-refractivity contribution in [3.05, 3.63) is 53.9 Å². The van der Waals surface area contributed by atoms with Crippen molar-refractivity contribution in [3.63, 3.8) is 0 Å². The second-order valence-corrected chi connectivity index (χ2v) is 8.45. The second-order valence-electron chi connectivity index (χ2n) is 8.06. The summed E-state index contributed by atoms with van der Waals surface area (Å²) in [5, 5.41) is 15.3. The molecule has 0 amide bonds. The lowest BCUT2D eigenvalue weighted by Crippen LogP contribution is -2.59.